The van der Waals surface area contributed by atoms with Crippen molar-refractivity contribution >= 4 is 41.0 Å². The number of aromatic nitrogens is 1. The van der Waals surface area contributed by atoms with Gasteiger partial charge < -0.3 is 14.4 Å². The molecule has 6 nitrogen and oxygen atoms in total. The average molecular weight is 480 g/mol. The summed E-state index contributed by atoms with van der Waals surface area (Å²) in [6.45, 7) is 4.06. The summed E-state index contributed by atoms with van der Waals surface area (Å²) >= 11 is 3.42. The number of hydrogen-bond donors (Lipinski definition) is 0. The van der Waals surface area contributed by atoms with Crippen molar-refractivity contribution < 1.29 is 14.3 Å². The molecule has 0 bridgehead atoms. The van der Waals surface area contributed by atoms with Gasteiger partial charge in [-0.05, 0) is 29.1 Å². The average Bonchev–Trinajstić information content (AvgIpc) is 3.46. The molecule has 0 aliphatic carbocycles. The van der Waals surface area contributed by atoms with Gasteiger partial charge in [0.05, 0.1) is 37.8 Å². The van der Waals surface area contributed by atoms with Gasteiger partial charge in [-0.1, -0.05) is 12.1 Å². The number of thiophene rings is 1. The first kappa shape index (κ1) is 23.5. The van der Waals surface area contributed by atoms with E-state index in [0.717, 1.165) is 49.0 Å². The lowest BCUT2D eigenvalue weighted by molar-refractivity contribution is -0.132. The summed E-state index contributed by atoms with van der Waals surface area (Å²) in [5, 5.41) is 5.33. The maximum Gasteiger partial charge on any atom is 0.227 e. The van der Waals surface area contributed by atoms with Crippen molar-refractivity contribution in [1.29, 1.82) is 0 Å². The zero-order chi connectivity index (χ0) is 20.9. The van der Waals surface area contributed by atoms with Gasteiger partial charge in [0.1, 0.15) is 5.01 Å². The van der Waals surface area contributed by atoms with E-state index in [2.05, 4.69) is 27.8 Å². The Morgan fingerprint density at radius 2 is 1.84 bits per heavy atom. The molecule has 1 fully saturated rings. The van der Waals surface area contributed by atoms with Gasteiger partial charge in [-0.25, -0.2) is 4.98 Å². The minimum atomic E-state index is 0. The topological polar surface area (TPSA) is 54.9 Å². The molecular formula is C22H26ClN3O3S2. The molecule has 0 radical (unpaired) electrons. The Morgan fingerprint density at radius 3 is 2.52 bits per heavy atom. The van der Waals surface area contributed by atoms with E-state index in [0.29, 0.717) is 17.9 Å². The van der Waals surface area contributed by atoms with Gasteiger partial charge in [-0.3, -0.25) is 9.69 Å². The molecule has 1 aromatic carbocycles. The van der Waals surface area contributed by atoms with Crippen LogP contribution in [0.2, 0.25) is 0 Å². The number of ether oxygens (including phenoxy) is 2. The summed E-state index contributed by atoms with van der Waals surface area (Å²) in [5.41, 5.74) is 2.00. The maximum atomic E-state index is 12.7. The summed E-state index contributed by atoms with van der Waals surface area (Å²) in [6.07, 6.45) is 0.372. The van der Waals surface area contributed by atoms with Crippen molar-refractivity contribution in [3.8, 4) is 22.1 Å². The number of piperazine rings is 1. The van der Waals surface area contributed by atoms with Gasteiger partial charge in [0.2, 0.25) is 5.91 Å². The SMILES string of the molecule is COc1ccc(CC(=O)N2CCN(Cc3nc(-c4cccs4)cs3)CC2)cc1OC.Cl. The quantitative estimate of drug-likeness (QED) is 0.508. The number of halogens is 1. The number of rotatable bonds is 7. The first-order valence-electron chi connectivity index (χ1n) is 9.85. The molecule has 0 saturated carbocycles. The van der Waals surface area contributed by atoms with Crippen LogP contribution in [-0.2, 0) is 17.8 Å². The smallest absolute Gasteiger partial charge is 0.227 e. The molecule has 0 spiro atoms. The van der Waals surface area contributed by atoms with Crippen LogP contribution >= 0.6 is 35.1 Å². The largest absolute Gasteiger partial charge is 0.493 e. The van der Waals surface area contributed by atoms with E-state index in [1.54, 1.807) is 36.9 Å². The molecule has 0 atom stereocenters. The highest BCUT2D eigenvalue weighted by Gasteiger charge is 2.22. The van der Waals surface area contributed by atoms with Crippen LogP contribution in [0.4, 0.5) is 0 Å². The van der Waals surface area contributed by atoms with Crippen molar-refractivity contribution in [2.24, 2.45) is 0 Å². The van der Waals surface area contributed by atoms with Crippen LogP contribution in [0.3, 0.4) is 0 Å². The Kier molecular flexibility index (Phi) is 8.31. The molecule has 1 saturated heterocycles. The number of methoxy groups -OCH3 is 2. The van der Waals surface area contributed by atoms with E-state index in [1.807, 2.05) is 23.1 Å². The molecule has 9 heteroatoms. The van der Waals surface area contributed by atoms with Crippen LogP contribution in [0, 0.1) is 0 Å². The van der Waals surface area contributed by atoms with Crippen LogP contribution in [0.25, 0.3) is 10.6 Å². The van der Waals surface area contributed by atoms with Crippen LogP contribution in [0.5, 0.6) is 11.5 Å². The van der Waals surface area contributed by atoms with E-state index in [9.17, 15) is 4.79 Å². The fourth-order valence-electron chi connectivity index (χ4n) is 3.54. The Labute approximate surface area is 196 Å². The van der Waals surface area contributed by atoms with E-state index < -0.39 is 0 Å². The molecule has 31 heavy (non-hydrogen) atoms. The second kappa shape index (κ2) is 10.9. The molecule has 3 aromatic rings. The summed E-state index contributed by atoms with van der Waals surface area (Å²) in [5.74, 6) is 1.47. The van der Waals surface area contributed by atoms with Gasteiger partial charge in [0.25, 0.3) is 0 Å². The Balaban J connectivity index is 0.00000272. The van der Waals surface area contributed by atoms with Crippen molar-refractivity contribution in [3.63, 3.8) is 0 Å². The monoisotopic (exact) mass is 479 g/mol. The lowest BCUT2D eigenvalue weighted by Gasteiger charge is -2.34. The fourth-order valence-corrected chi connectivity index (χ4v) is 5.14. The van der Waals surface area contributed by atoms with E-state index in [1.165, 1.54) is 4.88 Å². The molecule has 166 valence electrons. The highest BCUT2D eigenvalue weighted by molar-refractivity contribution is 7.14. The lowest BCUT2D eigenvalue weighted by Crippen LogP contribution is -2.48. The third kappa shape index (κ3) is 5.77. The molecule has 3 heterocycles. The number of carbonyl (C=O) groups excluding carboxylic acids is 1. The van der Waals surface area contributed by atoms with Crippen LogP contribution in [0.15, 0.2) is 41.1 Å². The third-order valence-electron chi connectivity index (χ3n) is 5.21. The summed E-state index contributed by atoms with van der Waals surface area (Å²) in [7, 11) is 3.21. The zero-order valence-corrected chi connectivity index (χ0v) is 20.0. The molecule has 1 aliphatic rings. The highest BCUT2D eigenvalue weighted by atomic mass is 35.5. The van der Waals surface area contributed by atoms with E-state index >= 15 is 0 Å². The Hall–Kier alpha value is -2.13. The number of benzene rings is 1. The first-order valence-corrected chi connectivity index (χ1v) is 11.6. The lowest BCUT2D eigenvalue weighted by atomic mass is 10.1. The number of amides is 1. The van der Waals surface area contributed by atoms with Crippen LogP contribution in [0.1, 0.15) is 10.6 Å². The van der Waals surface area contributed by atoms with Gasteiger partial charge in [0.15, 0.2) is 11.5 Å². The molecule has 0 unspecified atom stereocenters. The third-order valence-corrected chi connectivity index (χ3v) is 6.94. The second-order valence-corrected chi connectivity index (χ2v) is 9.02. The molecule has 0 N–H and O–H groups in total. The van der Waals surface area contributed by atoms with Gasteiger partial charge >= 0.3 is 0 Å². The number of carbonyl (C=O) groups is 1. The summed E-state index contributed by atoms with van der Waals surface area (Å²) < 4.78 is 10.6. The van der Waals surface area contributed by atoms with Crippen LogP contribution < -0.4 is 9.47 Å². The van der Waals surface area contributed by atoms with Crippen molar-refractivity contribution in [2.75, 3.05) is 40.4 Å². The number of hydrogen-bond acceptors (Lipinski definition) is 7. The minimum absolute atomic E-state index is 0. The standard InChI is InChI=1S/C22H25N3O3S2.ClH/c1-27-18-6-5-16(12-19(18)28-2)13-22(26)25-9-7-24(8-10-25)14-21-23-17(15-30-21)20-4-3-11-29-20;/h3-6,11-12,15H,7-10,13-14H2,1-2H3;1H. The minimum Gasteiger partial charge on any atom is -0.493 e. The Morgan fingerprint density at radius 1 is 1.06 bits per heavy atom. The predicted octanol–water partition coefficient (Wildman–Crippen LogP) is 4.20. The second-order valence-electron chi connectivity index (χ2n) is 7.13. The van der Waals surface area contributed by atoms with Crippen molar-refractivity contribution in [1.82, 2.24) is 14.8 Å². The fraction of sp³-hybridized carbons (Fsp3) is 0.364. The first-order chi connectivity index (χ1) is 14.7. The number of nitrogens with zero attached hydrogens (tertiary/aromatic N) is 3. The Bertz CT molecular complexity index is 986. The molecule has 2 aromatic heterocycles. The van der Waals surface area contributed by atoms with E-state index in [-0.39, 0.29) is 18.3 Å². The van der Waals surface area contributed by atoms with E-state index in [4.69, 9.17) is 14.5 Å². The zero-order valence-electron chi connectivity index (χ0n) is 17.6. The van der Waals surface area contributed by atoms with Crippen molar-refractivity contribution in [3.05, 3.63) is 51.7 Å². The van der Waals surface area contributed by atoms with Gasteiger partial charge in [-0.15, -0.1) is 35.1 Å². The molecule has 1 amide bonds. The van der Waals surface area contributed by atoms with Gasteiger partial charge in [-0.2, -0.15) is 0 Å². The van der Waals surface area contributed by atoms with Crippen LogP contribution in [-0.4, -0.2) is 61.1 Å². The molecule has 4 rings (SSSR count). The van der Waals surface area contributed by atoms with Crippen molar-refractivity contribution in [2.45, 2.75) is 13.0 Å². The predicted molar refractivity (Wildman–Crippen MR) is 128 cm³/mol. The van der Waals surface area contributed by atoms with Gasteiger partial charge in [0, 0.05) is 31.6 Å². The summed E-state index contributed by atoms with van der Waals surface area (Å²) in [4.78, 5) is 23.1. The normalized spacial score (nSPS) is 14.2. The summed E-state index contributed by atoms with van der Waals surface area (Å²) in [6, 6.07) is 9.80. The number of thiazole rings is 1. The maximum absolute atomic E-state index is 12.7. The molecular weight excluding hydrogens is 454 g/mol. The molecule has 1 aliphatic heterocycles. The highest BCUT2D eigenvalue weighted by Crippen LogP contribution is 2.28.